The smallest absolute Gasteiger partial charge is 0.205 e. The van der Waals surface area contributed by atoms with E-state index in [1.807, 2.05) is 24.6 Å². The van der Waals surface area contributed by atoms with Crippen molar-refractivity contribution in [3.05, 3.63) is 40.7 Å². The Labute approximate surface area is 128 Å². The zero-order valence-corrected chi connectivity index (χ0v) is 12.7. The second-order valence-electron chi connectivity index (χ2n) is 5.83. The maximum atomic E-state index is 12.4. The first-order chi connectivity index (χ1) is 10.5. The van der Waals surface area contributed by atoms with Gasteiger partial charge < -0.3 is 10.5 Å². The number of allylic oxidation sites excluding steroid dienone is 3. The van der Waals surface area contributed by atoms with Crippen LogP contribution in [-0.2, 0) is 9.53 Å². The highest BCUT2D eigenvalue weighted by atomic mass is 16.5. The van der Waals surface area contributed by atoms with Crippen molar-refractivity contribution in [1.29, 1.82) is 5.26 Å². The molecule has 1 aromatic heterocycles. The van der Waals surface area contributed by atoms with E-state index in [1.165, 1.54) is 0 Å². The van der Waals surface area contributed by atoms with E-state index in [-0.39, 0.29) is 23.3 Å². The molecule has 6 heteroatoms. The molecule has 1 aromatic rings. The summed E-state index contributed by atoms with van der Waals surface area (Å²) in [4.78, 5) is 12.4. The number of carbonyl (C=O) groups excluding carboxylic acids is 1. The Hall–Kier alpha value is -2.55. The van der Waals surface area contributed by atoms with E-state index in [1.54, 1.807) is 6.20 Å². The third-order valence-corrected chi connectivity index (χ3v) is 4.09. The maximum Gasteiger partial charge on any atom is 0.205 e. The molecule has 2 heterocycles. The third kappa shape index (κ3) is 2.10. The van der Waals surface area contributed by atoms with Crippen molar-refractivity contribution < 1.29 is 9.53 Å². The van der Waals surface area contributed by atoms with Gasteiger partial charge in [-0.15, -0.1) is 0 Å². The standard InChI is InChI=1S/C16H18N4O2/c1-9(2)20-11(6-7-19-20)14-10(8-17)16(18)22-13-5-3-4-12(21)15(13)14/h6-7,9,14H,3-5,18H2,1-2H3/t14-/m0/s1. The molecule has 0 spiro atoms. The van der Waals surface area contributed by atoms with Crippen molar-refractivity contribution in [2.24, 2.45) is 5.73 Å². The summed E-state index contributed by atoms with van der Waals surface area (Å²) in [5.41, 5.74) is 7.59. The van der Waals surface area contributed by atoms with Gasteiger partial charge in [0, 0.05) is 30.7 Å². The van der Waals surface area contributed by atoms with Gasteiger partial charge in [-0.2, -0.15) is 10.4 Å². The number of ketones is 1. The van der Waals surface area contributed by atoms with Crippen LogP contribution in [0.1, 0.15) is 50.8 Å². The molecular formula is C16H18N4O2. The van der Waals surface area contributed by atoms with Crippen LogP contribution < -0.4 is 5.73 Å². The highest BCUT2D eigenvalue weighted by Gasteiger charge is 2.39. The number of aromatic nitrogens is 2. The summed E-state index contributed by atoms with van der Waals surface area (Å²) in [6, 6.07) is 4.08. The lowest BCUT2D eigenvalue weighted by atomic mass is 9.79. The highest BCUT2D eigenvalue weighted by molar-refractivity contribution is 5.99. The van der Waals surface area contributed by atoms with E-state index in [4.69, 9.17) is 10.5 Å². The number of rotatable bonds is 2. The zero-order chi connectivity index (χ0) is 15.9. The molecule has 1 aliphatic heterocycles. The molecular weight excluding hydrogens is 280 g/mol. The fraction of sp³-hybridized carbons (Fsp3) is 0.438. The molecule has 3 rings (SSSR count). The van der Waals surface area contributed by atoms with E-state index in [0.717, 1.165) is 12.1 Å². The van der Waals surface area contributed by atoms with Gasteiger partial charge in [0.1, 0.15) is 17.4 Å². The first-order valence-electron chi connectivity index (χ1n) is 7.41. The quantitative estimate of drug-likeness (QED) is 0.904. The summed E-state index contributed by atoms with van der Waals surface area (Å²) in [6.45, 7) is 4.01. The summed E-state index contributed by atoms with van der Waals surface area (Å²) >= 11 is 0. The summed E-state index contributed by atoms with van der Waals surface area (Å²) in [5, 5.41) is 13.8. The lowest BCUT2D eigenvalue weighted by Gasteiger charge is -2.31. The molecule has 114 valence electrons. The maximum absolute atomic E-state index is 12.4. The zero-order valence-electron chi connectivity index (χ0n) is 12.7. The first kappa shape index (κ1) is 14.4. The van der Waals surface area contributed by atoms with Crippen LogP contribution in [0, 0.1) is 11.3 Å². The number of nitriles is 1. The summed E-state index contributed by atoms with van der Waals surface area (Å²) in [7, 11) is 0. The van der Waals surface area contributed by atoms with Crippen molar-refractivity contribution in [2.45, 2.75) is 45.1 Å². The normalized spacial score (nSPS) is 21.7. The molecule has 6 nitrogen and oxygen atoms in total. The molecule has 0 saturated carbocycles. The van der Waals surface area contributed by atoms with Crippen LogP contribution in [0.3, 0.4) is 0 Å². The number of carbonyl (C=O) groups is 1. The Morgan fingerprint density at radius 1 is 1.50 bits per heavy atom. The molecule has 0 fully saturated rings. The van der Waals surface area contributed by atoms with Crippen LogP contribution in [0.2, 0.25) is 0 Å². The largest absolute Gasteiger partial charge is 0.444 e. The van der Waals surface area contributed by atoms with E-state index in [2.05, 4.69) is 11.2 Å². The Morgan fingerprint density at radius 2 is 2.27 bits per heavy atom. The molecule has 1 atom stereocenters. The van der Waals surface area contributed by atoms with Gasteiger partial charge in [-0.3, -0.25) is 9.48 Å². The molecule has 0 bridgehead atoms. The number of hydrogen-bond acceptors (Lipinski definition) is 5. The van der Waals surface area contributed by atoms with Gasteiger partial charge in [-0.25, -0.2) is 0 Å². The lowest BCUT2D eigenvalue weighted by Crippen LogP contribution is -2.29. The molecule has 2 aliphatic rings. The number of nitrogens with zero attached hydrogens (tertiary/aromatic N) is 3. The van der Waals surface area contributed by atoms with Crippen molar-refractivity contribution in [3.8, 4) is 6.07 Å². The Bertz CT molecular complexity index is 734. The number of nitrogens with two attached hydrogens (primary N) is 1. The Morgan fingerprint density at radius 3 is 2.95 bits per heavy atom. The minimum atomic E-state index is -0.480. The molecule has 0 amide bonds. The molecule has 0 aromatic carbocycles. The van der Waals surface area contributed by atoms with Gasteiger partial charge in [-0.05, 0) is 26.3 Å². The van der Waals surface area contributed by atoms with E-state index in [0.29, 0.717) is 24.2 Å². The SMILES string of the molecule is CC(C)n1nccc1[C@@H]1C(C#N)=C(N)OC2=C1C(=O)CCC2. The molecule has 22 heavy (non-hydrogen) atoms. The van der Waals surface area contributed by atoms with Crippen molar-refractivity contribution in [3.63, 3.8) is 0 Å². The van der Waals surface area contributed by atoms with Gasteiger partial charge in [0.05, 0.1) is 11.6 Å². The molecule has 1 aliphatic carbocycles. The molecule has 0 saturated heterocycles. The molecule has 0 radical (unpaired) electrons. The van der Waals surface area contributed by atoms with Crippen LogP contribution in [0.4, 0.5) is 0 Å². The van der Waals surface area contributed by atoms with Crippen molar-refractivity contribution in [2.75, 3.05) is 0 Å². The number of ether oxygens (including phenoxy) is 1. The lowest BCUT2D eigenvalue weighted by molar-refractivity contribution is -0.116. The van der Waals surface area contributed by atoms with Crippen LogP contribution in [-0.4, -0.2) is 15.6 Å². The van der Waals surface area contributed by atoms with Gasteiger partial charge >= 0.3 is 0 Å². The monoisotopic (exact) mass is 298 g/mol. The van der Waals surface area contributed by atoms with Crippen LogP contribution in [0.15, 0.2) is 35.1 Å². The van der Waals surface area contributed by atoms with Gasteiger partial charge in [0.15, 0.2) is 5.78 Å². The minimum Gasteiger partial charge on any atom is -0.444 e. The second kappa shape index (κ2) is 5.34. The predicted molar refractivity (Wildman–Crippen MR) is 79.1 cm³/mol. The predicted octanol–water partition coefficient (Wildman–Crippen LogP) is 2.28. The van der Waals surface area contributed by atoms with E-state index >= 15 is 0 Å². The fourth-order valence-corrected chi connectivity index (χ4v) is 3.14. The van der Waals surface area contributed by atoms with Crippen molar-refractivity contribution >= 4 is 5.78 Å². The van der Waals surface area contributed by atoms with Crippen LogP contribution in [0.25, 0.3) is 0 Å². The van der Waals surface area contributed by atoms with Gasteiger partial charge in [0.25, 0.3) is 0 Å². The van der Waals surface area contributed by atoms with Crippen LogP contribution >= 0.6 is 0 Å². The first-order valence-corrected chi connectivity index (χ1v) is 7.41. The van der Waals surface area contributed by atoms with E-state index in [9.17, 15) is 10.1 Å². The molecule has 2 N–H and O–H groups in total. The topological polar surface area (TPSA) is 93.9 Å². The number of Topliss-reactive ketones (excluding diaryl/α,β-unsaturated/α-hetero) is 1. The molecule has 0 unspecified atom stereocenters. The Balaban J connectivity index is 2.21. The summed E-state index contributed by atoms with van der Waals surface area (Å²) in [6.07, 6.45) is 3.59. The third-order valence-electron chi connectivity index (χ3n) is 4.09. The second-order valence-corrected chi connectivity index (χ2v) is 5.83. The van der Waals surface area contributed by atoms with Gasteiger partial charge in [-0.1, -0.05) is 0 Å². The fourth-order valence-electron chi connectivity index (χ4n) is 3.14. The average Bonchev–Trinajstić information content (AvgIpc) is 2.95. The Kier molecular flexibility index (Phi) is 3.49. The van der Waals surface area contributed by atoms with E-state index < -0.39 is 5.92 Å². The minimum absolute atomic E-state index is 0.0306. The highest BCUT2D eigenvalue weighted by Crippen LogP contribution is 2.43. The van der Waals surface area contributed by atoms with Gasteiger partial charge in [0.2, 0.25) is 5.88 Å². The summed E-state index contributed by atoms with van der Waals surface area (Å²) < 4.78 is 7.38. The van der Waals surface area contributed by atoms with Crippen LogP contribution in [0.5, 0.6) is 0 Å². The van der Waals surface area contributed by atoms with Crippen molar-refractivity contribution in [1.82, 2.24) is 9.78 Å². The number of hydrogen-bond donors (Lipinski definition) is 1. The average molecular weight is 298 g/mol. The summed E-state index contributed by atoms with van der Waals surface area (Å²) in [5.74, 6) is 0.251.